The number of nitrogens with two attached hydrogens (primary N) is 1. The highest BCUT2D eigenvalue weighted by atomic mass is 16.2. The van der Waals surface area contributed by atoms with Crippen molar-refractivity contribution < 1.29 is 9.59 Å². The molecule has 1 aliphatic carbocycles. The maximum absolute atomic E-state index is 12.2. The molecular weight excluding hydrogens is 232 g/mol. The number of urea groups is 1. The van der Waals surface area contributed by atoms with E-state index in [0.717, 1.165) is 19.3 Å². The molecule has 1 fully saturated rings. The summed E-state index contributed by atoms with van der Waals surface area (Å²) in [5.74, 6) is -0.0836. The number of carbonyl (C=O) groups excluding carboxylic acids is 2. The van der Waals surface area contributed by atoms with Gasteiger partial charge in [-0.15, -0.1) is 0 Å². The van der Waals surface area contributed by atoms with Crippen LogP contribution < -0.4 is 21.7 Å². The minimum absolute atomic E-state index is 0.0836. The average Bonchev–Trinajstić information content (AvgIpc) is 2.79. The molecule has 1 saturated carbocycles. The molecule has 0 radical (unpaired) electrons. The third-order valence-electron chi connectivity index (χ3n) is 3.25. The molecular formula is C12H24N4O2. The first-order valence-corrected chi connectivity index (χ1v) is 6.69. The second-order valence-corrected chi connectivity index (χ2v) is 4.67. The Hall–Kier alpha value is -1.30. The van der Waals surface area contributed by atoms with Crippen LogP contribution in [0.5, 0.6) is 0 Å². The monoisotopic (exact) mass is 256 g/mol. The summed E-state index contributed by atoms with van der Waals surface area (Å²) in [6, 6.07) is -0.270. The molecule has 0 saturated heterocycles. The Labute approximate surface area is 108 Å². The standard InChI is InChI=1S/C12H24N4O2/c1-2-14-11(18)16-12(6-3-4-7-12)10(17)15-9-5-8-13/h2-9,13H2,1H3,(H,15,17)(H2,14,16,18). The van der Waals surface area contributed by atoms with Crippen molar-refractivity contribution in [3.63, 3.8) is 0 Å². The van der Waals surface area contributed by atoms with Crippen LogP contribution in [0.25, 0.3) is 0 Å². The van der Waals surface area contributed by atoms with Crippen molar-refractivity contribution in [3.8, 4) is 0 Å². The molecule has 3 amide bonds. The molecule has 0 aromatic heterocycles. The lowest BCUT2D eigenvalue weighted by Gasteiger charge is -2.29. The molecule has 6 heteroatoms. The zero-order valence-electron chi connectivity index (χ0n) is 11.1. The number of hydrogen-bond acceptors (Lipinski definition) is 3. The summed E-state index contributed by atoms with van der Waals surface area (Å²) in [6.45, 7) is 3.52. The number of rotatable bonds is 6. The Morgan fingerprint density at radius 3 is 2.44 bits per heavy atom. The van der Waals surface area contributed by atoms with E-state index in [1.165, 1.54) is 0 Å². The van der Waals surface area contributed by atoms with E-state index >= 15 is 0 Å². The van der Waals surface area contributed by atoms with E-state index < -0.39 is 5.54 Å². The molecule has 6 nitrogen and oxygen atoms in total. The summed E-state index contributed by atoms with van der Waals surface area (Å²) in [4.78, 5) is 23.8. The predicted molar refractivity (Wildman–Crippen MR) is 70.1 cm³/mol. The topological polar surface area (TPSA) is 96.2 Å². The lowest BCUT2D eigenvalue weighted by molar-refractivity contribution is -0.127. The first-order valence-electron chi connectivity index (χ1n) is 6.69. The summed E-state index contributed by atoms with van der Waals surface area (Å²) < 4.78 is 0. The zero-order chi connectivity index (χ0) is 13.4. The molecule has 0 unspecified atom stereocenters. The molecule has 1 rings (SSSR count). The van der Waals surface area contributed by atoms with Crippen LogP contribution in [0.3, 0.4) is 0 Å². The Kier molecular flexibility index (Phi) is 5.91. The van der Waals surface area contributed by atoms with Gasteiger partial charge in [0.2, 0.25) is 5.91 Å². The normalized spacial score (nSPS) is 17.2. The van der Waals surface area contributed by atoms with E-state index in [4.69, 9.17) is 5.73 Å². The highest BCUT2D eigenvalue weighted by Crippen LogP contribution is 2.29. The van der Waals surface area contributed by atoms with Crippen LogP contribution in [0.2, 0.25) is 0 Å². The molecule has 1 aliphatic rings. The molecule has 0 aromatic rings. The highest BCUT2D eigenvalue weighted by molar-refractivity contribution is 5.91. The SMILES string of the molecule is CCNC(=O)NC1(C(=O)NCCCN)CCCC1. The van der Waals surface area contributed by atoms with Crippen LogP contribution in [0, 0.1) is 0 Å². The van der Waals surface area contributed by atoms with Gasteiger partial charge in [0.25, 0.3) is 0 Å². The van der Waals surface area contributed by atoms with Gasteiger partial charge in [-0.2, -0.15) is 0 Å². The minimum Gasteiger partial charge on any atom is -0.354 e. The number of hydrogen-bond donors (Lipinski definition) is 4. The third kappa shape index (κ3) is 3.87. The summed E-state index contributed by atoms with van der Waals surface area (Å²) in [5.41, 5.74) is 4.66. The Morgan fingerprint density at radius 1 is 1.22 bits per heavy atom. The minimum atomic E-state index is -0.728. The summed E-state index contributed by atoms with van der Waals surface area (Å²) in [6.07, 6.45) is 4.10. The van der Waals surface area contributed by atoms with Crippen molar-refractivity contribution in [2.24, 2.45) is 5.73 Å². The van der Waals surface area contributed by atoms with E-state index in [-0.39, 0.29) is 11.9 Å². The molecule has 0 atom stereocenters. The average molecular weight is 256 g/mol. The lowest BCUT2D eigenvalue weighted by Crippen LogP contribution is -2.59. The van der Waals surface area contributed by atoms with Crippen LogP contribution in [0.15, 0.2) is 0 Å². The fourth-order valence-electron chi connectivity index (χ4n) is 2.28. The van der Waals surface area contributed by atoms with Gasteiger partial charge in [0.15, 0.2) is 0 Å². The second-order valence-electron chi connectivity index (χ2n) is 4.67. The van der Waals surface area contributed by atoms with Crippen molar-refractivity contribution in [2.45, 2.75) is 44.6 Å². The third-order valence-corrected chi connectivity index (χ3v) is 3.25. The number of amides is 3. The fourth-order valence-corrected chi connectivity index (χ4v) is 2.28. The van der Waals surface area contributed by atoms with Gasteiger partial charge in [-0.3, -0.25) is 4.79 Å². The first-order chi connectivity index (χ1) is 8.64. The molecule has 0 aliphatic heterocycles. The predicted octanol–water partition coefficient (Wildman–Crippen LogP) is 0.0833. The van der Waals surface area contributed by atoms with E-state index in [9.17, 15) is 9.59 Å². The Bertz CT molecular complexity index is 288. The van der Waals surface area contributed by atoms with Crippen LogP contribution in [-0.2, 0) is 4.79 Å². The van der Waals surface area contributed by atoms with Crippen LogP contribution in [0.4, 0.5) is 4.79 Å². The van der Waals surface area contributed by atoms with Crippen LogP contribution >= 0.6 is 0 Å². The second kappa shape index (κ2) is 7.20. The van der Waals surface area contributed by atoms with Gasteiger partial charge >= 0.3 is 6.03 Å². The van der Waals surface area contributed by atoms with Gasteiger partial charge in [-0.1, -0.05) is 12.8 Å². The van der Waals surface area contributed by atoms with E-state index in [1.807, 2.05) is 6.92 Å². The lowest BCUT2D eigenvalue weighted by atomic mass is 9.96. The van der Waals surface area contributed by atoms with Gasteiger partial charge in [0.05, 0.1) is 0 Å². The quantitative estimate of drug-likeness (QED) is 0.507. The van der Waals surface area contributed by atoms with Crippen LogP contribution in [0.1, 0.15) is 39.0 Å². The van der Waals surface area contributed by atoms with Gasteiger partial charge < -0.3 is 21.7 Å². The van der Waals surface area contributed by atoms with Gasteiger partial charge in [-0.25, -0.2) is 4.79 Å². The molecule has 0 aromatic carbocycles. The van der Waals surface area contributed by atoms with Crippen molar-refractivity contribution in [1.29, 1.82) is 0 Å². The molecule has 104 valence electrons. The largest absolute Gasteiger partial charge is 0.354 e. The van der Waals surface area contributed by atoms with Crippen molar-refractivity contribution in [1.82, 2.24) is 16.0 Å². The Morgan fingerprint density at radius 2 is 1.89 bits per heavy atom. The van der Waals surface area contributed by atoms with E-state index in [0.29, 0.717) is 32.5 Å². The molecule has 0 spiro atoms. The molecule has 5 N–H and O–H groups in total. The Balaban J connectivity index is 2.56. The molecule has 0 heterocycles. The van der Waals surface area contributed by atoms with E-state index in [2.05, 4.69) is 16.0 Å². The van der Waals surface area contributed by atoms with Crippen molar-refractivity contribution in [2.75, 3.05) is 19.6 Å². The fraction of sp³-hybridized carbons (Fsp3) is 0.833. The van der Waals surface area contributed by atoms with Crippen LogP contribution in [-0.4, -0.2) is 37.1 Å². The molecule has 18 heavy (non-hydrogen) atoms. The van der Waals surface area contributed by atoms with Gasteiger partial charge in [-0.05, 0) is 32.7 Å². The molecule has 0 bridgehead atoms. The van der Waals surface area contributed by atoms with Crippen molar-refractivity contribution in [3.05, 3.63) is 0 Å². The maximum atomic E-state index is 12.2. The van der Waals surface area contributed by atoms with Gasteiger partial charge in [0.1, 0.15) is 5.54 Å². The van der Waals surface area contributed by atoms with Crippen molar-refractivity contribution >= 4 is 11.9 Å². The summed E-state index contributed by atoms with van der Waals surface area (Å²) >= 11 is 0. The van der Waals surface area contributed by atoms with Gasteiger partial charge in [0, 0.05) is 13.1 Å². The summed E-state index contributed by atoms with van der Waals surface area (Å²) in [5, 5.41) is 8.35. The number of carbonyl (C=O) groups is 2. The van der Waals surface area contributed by atoms with E-state index in [1.54, 1.807) is 0 Å². The maximum Gasteiger partial charge on any atom is 0.315 e. The summed E-state index contributed by atoms with van der Waals surface area (Å²) in [7, 11) is 0. The smallest absolute Gasteiger partial charge is 0.315 e. The zero-order valence-corrected chi connectivity index (χ0v) is 11.1. The highest BCUT2D eigenvalue weighted by Gasteiger charge is 2.42. The first kappa shape index (κ1) is 14.8. The number of nitrogens with one attached hydrogen (secondary N) is 3.